The van der Waals surface area contributed by atoms with Crippen LogP contribution in [-0.2, 0) is 0 Å². The molecule has 0 saturated heterocycles. The van der Waals surface area contributed by atoms with Crippen LogP contribution in [0, 0.1) is 0 Å². The number of hydrogen-bond donors (Lipinski definition) is 0. The maximum atomic E-state index is 12.7. The number of amides is 2. The molecule has 3 aromatic rings. The van der Waals surface area contributed by atoms with Gasteiger partial charge in [-0.2, -0.15) is 10.1 Å². The fourth-order valence-corrected chi connectivity index (χ4v) is 3.06. The van der Waals surface area contributed by atoms with E-state index in [-0.39, 0.29) is 0 Å². The van der Waals surface area contributed by atoms with Gasteiger partial charge in [0.2, 0.25) is 0 Å². The maximum absolute atomic E-state index is 12.7. The standard InChI is InChI=1S/C21H16N2O3/c1-2-26-16-11-9-14(10-12-16)13-22-23-20(24)17-7-3-5-15-6-4-8-18(19(15)17)21(23)25/h3-13H,2H2,1H3/b22-13+. The van der Waals surface area contributed by atoms with Crippen LogP contribution in [0.2, 0.25) is 0 Å². The van der Waals surface area contributed by atoms with Crippen molar-refractivity contribution in [1.82, 2.24) is 5.01 Å². The van der Waals surface area contributed by atoms with Crippen molar-refractivity contribution < 1.29 is 14.3 Å². The summed E-state index contributed by atoms with van der Waals surface area (Å²) in [6, 6.07) is 18.1. The number of hydrogen-bond acceptors (Lipinski definition) is 4. The lowest BCUT2D eigenvalue weighted by atomic mass is 9.95. The van der Waals surface area contributed by atoms with Gasteiger partial charge in [0.25, 0.3) is 11.8 Å². The Hall–Kier alpha value is -3.47. The lowest BCUT2D eigenvalue weighted by molar-refractivity contribution is 0.0616. The second-order valence-electron chi connectivity index (χ2n) is 5.88. The molecule has 1 heterocycles. The van der Waals surface area contributed by atoms with Crippen molar-refractivity contribution >= 4 is 28.8 Å². The van der Waals surface area contributed by atoms with Gasteiger partial charge in [0.1, 0.15) is 5.75 Å². The molecule has 0 atom stereocenters. The molecular weight excluding hydrogens is 328 g/mol. The van der Waals surface area contributed by atoms with Gasteiger partial charge in [-0.15, -0.1) is 0 Å². The summed E-state index contributed by atoms with van der Waals surface area (Å²) in [4.78, 5) is 25.5. The van der Waals surface area contributed by atoms with Gasteiger partial charge in [0, 0.05) is 5.39 Å². The zero-order chi connectivity index (χ0) is 18.1. The molecule has 3 aromatic carbocycles. The summed E-state index contributed by atoms with van der Waals surface area (Å²) >= 11 is 0. The van der Waals surface area contributed by atoms with Gasteiger partial charge >= 0.3 is 0 Å². The molecule has 1 aliphatic heterocycles. The monoisotopic (exact) mass is 344 g/mol. The highest BCUT2D eigenvalue weighted by Gasteiger charge is 2.32. The second kappa shape index (κ2) is 6.44. The molecule has 0 radical (unpaired) electrons. The molecule has 4 rings (SSSR count). The number of benzene rings is 3. The highest BCUT2D eigenvalue weighted by atomic mass is 16.5. The van der Waals surface area contributed by atoms with Gasteiger partial charge in [0.15, 0.2) is 0 Å². The van der Waals surface area contributed by atoms with Crippen LogP contribution in [0.15, 0.2) is 65.8 Å². The van der Waals surface area contributed by atoms with Crippen molar-refractivity contribution in [1.29, 1.82) is 0 Å². The molecule has 0 saturated carbocycles. The minimum atomic E-state index is -0.415. The minimum Gasteiger partial charge on any atom is -0.494 e. The quantitative estimate of drug-likeness (QED) is 0.533. The van der Waals surface area contributed by atoms with E-state index in [9.17, 15) is 9.59 Å². The van der Waals surface area contributed by atoms with Crippen molar-refractivity contribution in [2.75, 3.05) is 6.61 Å². The molecule has 0 aliphatic carbocycles. The highest BCUT2D eigenvalue weighted by molar-refractivity contribution is 6.25. The molecule has 5 heteroatoms. The fourth-order valence-electron chi connectivity index (χ4n) is 3.06. The van der Waals surface area contributed by atoms with Crippen molar-refractivity contribution in [2.24, 2.45) is 5.10 Å². The van der Waals surface area contributed by atoms with Crippen LogP contribution in [0.3, 0.4) is 0 Å². The number of rotatable bonds is 4. The predicted molar refractivity (Wildman–Crippen MR) is 99.7 cm³/mol. The third-order valence-corrected chi connectivity index (χ3v) is 4.26. The first-order valence-electron chi connectivity index (χ1n) is 8.36. The van der Waals surface area contributed by atoms with Gasteiger partial charge in [0.05, 0.1) is 23.9 Å². The van der Waals surface area contributed by atoms with Crippen LogP contribution in [0.4, 0.5) is 0 Å². The van der Waals surface area contributed by atoms with E-state index in [4.69, 9.17) is 4.74 Å². The average Bonchev–Trinajstić information content (AvgIpc) is 2.67. The van der Waals surface area contributed by atoms with Crippen molar-refractivity contribution in [3.63, 3.8) is 0 Å². The number of carbonyl (C=O) groups excluding carboxylic acids is 2. The first-order valence-corrected chi connectivity index (χ1v) is 8.36. The average molecular weight is 344 g/mol. The summed E-state index contributed by atoms with van der Waals surface area (Å²) in [5.74, 6) is -0.0710. The van der Waals surface area contributed by atoms with E-state index < -0.39 is 11.8 Å². The number of nitrogens with zero attached hydrogens (tertiary/aromatic N) is 2. The fraction of sp³-hybridized carbons (Fsp3) is 0.0952. The molecule has 2 amide bonds. The number of hydrazone groups is 1. The lowest BCUT2D eigenvalue weighted by Crippen LogP contribution is -2.36. The van der Waals surface area contributed by atoms with Crippen LogP contribution >= 0.6 is 0 Å². The highest BCUT2D eigenvalue weighted by Crippen LogP contribution is 2.30. The van der Waals surface area contributed by atoms with Crippen LogP contribution in [-0.4, -0.2) is 29.6 Å². The first-order chi connectivity index (χ1) is 12.7. The Kier molecular flexibility index (Phi) is 3.97. The molecule has 0 N–H and O–H groups in total. The molecule has 0 spiro atoms. The summed E-state index contributed by atoms with van der Waals surface area (Å²) in [7, 11) is 0. The Morgan fingerprint density at radius 1 is 0.923 bits per heavy atom. The predicted octanol–water partition coefficient (Wildman–Crippen LogP) is 3.87. The molecular formula is C21H16N2O3. The van der Waals surface area contributed by atoms with Gasteiger partial charge in [-0.3, -0.25) is 9.59 Å². The van der Waals surface area contributed by atoms with Crippen LogP contribution < -0.4 is 4.74 Å². The van der Waals surface area contributed by atoms with Crippen molar-refractivity contribution in [3.8, 4) is 5.75 Å². The van der Waals surface area contributed by atoms with E-state index >= 15 is 0 Å². The van der Waals surface area contributed by atoms with Crippen LogP contribution in [0.5, 0.6) is 5.75 Å². The Morgan fingerprint density at radius 3 is 2.12 bits per heavy atom. The van der Waals surface area contributed by atoms with E-state index in [1.165, 1.54) is 6.21 Å². The zero-order valence-corrected chi connectivity index (χ0v) is 14.2. The van der Waals surface area contributed by atoms with E-state index in [2.05, 4.69) is 5.10 Å². The Bertz CT molecular complexity index is 988. The Morgan fingerprint density at radius 2 is 1.54 bits per heavy atom. The van der Waals surface area contributed by atoms with Gasteiger partial charge in [-0.25, -0.2) is 0 Å². The van der Waals surface area contributed by atoms with Crippen molar-refractivity contribution in [3.05, 3.63) is 77.4 Å². The van der Waals surface area contributed by atoms with Gasteiger partial charge in [-0.1, -0.05) is 24.3 Å². The SMILES string of the molecule is CCOc1ccc(/C=N/N2C(=O)c3cccc4cccc(c34)C2=O)cc1. The lowest BCUT2D eigenvalue weighted by Gasteiger charge is -2.22. The molecule has 26 heavy (non-hydrogen) atoms. The molecule has 5 nitrogen and oxygen atoms in total. The molecule has 0 aromatic heterocycles. The van der Waals surface area contributed by atoms with Crippen LogP contribution in [0.1, 0.15) is 33.2 Å². The van der Waals surface area contributed by atoms with Crippen molar-refractivity contribution in [2.45, 2.75) is 6.92 Å². The summed E-state index contributed by atoms with van der Waals surface area (Å²) in [6.45, 7) is 2.51. The number of carbonyl (C=O) groups is 2. The topological polar surface area (TPSA) is 59.0 Å². The Labute approximate surface area is 150 Å². The summed E-state index contributed by atoms with van der Waals surface area (Å²) in [5, 5.41) is 6.63. The van der Waals surface area contributed by atoms with E-state index in [1.54, 1.807) is 12.1 Å². The Balaban J connectivity index is 1.68. The largest absolute Gasteiger partial charge is 0.494 e. The number of imide groups is 1. The zero-order valence-electron chi connectivity index (χ0n) is 14.2. The molecule has 0 unspecified atom stereocenters. The maximum Gasteiger partial charge on any atom is 0.282 e. The smallest absolute Gasteiger partial charge is 0.282 e. The van der Waals surface area contributed by atoms with E-state index in [1.807, 2.05) is 55.5 Å². The third-order valence-electron chi connectivity index (χ3n) is 4.26. The summed E-state index contributed by atoms with van der Waals surface area (Å²) < 4.78 is 5.40. The molecule has 0 fully saturated rings. The summed E-state index contributed by atoms with van der Waals surface area (Å²) in [6.07, 6.45) is 1.50. The normalized spacial score (nSPS) is 13.7. The van der Waals surface area contributed by atoms with Gasteiger partial charge in [-0.05, 0) is 54.3 Å². The first kappa shape index (κ1) is 16.0. The molecule has 1 aliphatic rings. The number of ether oxygens (including phenoxy) is 1. The van der Waals surface area contributed by atoms with Gasteiger partial charge < -0.3 is 4.74 Å². The minimum absolute atomic E-state index is 0.415. The second-order valence-corrected chi connectivity index (χ2v) is 5.88. The third kappa shape index (κ3) is 2.63. The molecule has 128 valence electrons. The van der Waals surface area contributed by atoms with E-state index in [0.29, 0.717) is 23.1 Å². The van der Waals surface area contributed by atoms with Crippen LogP contribution in [0.25, 0.3) is 10.8 Å². The van der Waals surface area contributed by atoms with E-state index in [0.717, 1.165) is 21.7 Å². The molecule has 0 bridgehead atoms. The summed E-state index contributed by atoms with van der Waals surface area (Å²) in [5.41, 5.74) is 1.74.